The van der Waals surface area contributed by atoms with Crippen molar-refractivity contribution in [2.24, 2.45) is 0 Å². The molecule has 1 aliphatic rings. The molecule has 0 saturated carbocycles. The molecule has 2 aromatic heterocycles. The molecule has 1 fully saturated rings. The third kappa shape index (κ3) is 4.54. The minimum atomic E-state index is -3.56. The summed E-state index contributed by atoms with van der Waals surface area (Å²) in [6.07, 6.45) is 3.13. The molecule has 0 unspecified atom stereocenters. The molecule has 1 aromatic carbocycles. The van der Waals surface area contributed by atoms with Crippen molar-refractivity contribution in [3.05, 3.63) is 63.8 Å². The Morgan fingerprint density at radius 3 is 2.55 bits per heavy atom. The third-order valence-corrected chi connectivity index (χ3v) is 7.95. The van der Waals surface area contributed by atoms with Crippen LogP contribution < -0.4 is 0 Å². The second kappa shape index (κ2) is 8.68. The van der Waals surface area contributed by atoms with Gasteiger partial charge in [-0.15, -0.1) is 11.3 Å². The fourth-order valence-corrected chi connectivity index (χ4v) is 5.77. The summed E-state index contributed by atoms with van der Waals surface area (Å²) >= 11 is 3.14. The zero-order chi connectivity index (χ0) is 20.3. The van der Waals surface area contributed by atoms with Crippen molar-refractivity contribution in [1.82, 2.24) is 9.29 Å². The van der Waals surface area contributed by atoms with Crippen LogP contribution in [0.25, 0.3) is 16.6 Å². The zero-order valence-corrected chi connectivity index (χ0v) is 17.8. The first-order valence-electron chi connectivity index (χ1n) is 8.92. The number of rotatable bonds is 6. The minimum Gasteiger partial charge on any atom is -0.379 e. The first-order valence-corrected chi connectivity index (χ1v) is 12.2. The standard InChI is InChI=1S/C20H18N2O4S3/c23-19(6-3-17-14-28-20(21-17)16-7-12-27-13-16)15-1-4-18(5-2-15)29(24,25)22-8-10-26-11-9-22/h1-7,12-14H,8-11H2. The van der Waals surface area contributed by atoms with E-state index in [4.69, 9.17) is 4.74 Å². The summed E-state index contributed by atoms with van der Waals surface area (Å²) in [6.45, 7) is 1.47. The maximum absolute atomic E-state index is 12.6. The molecule has 29 heavy (non-hydrogen) atoms. The number of ether oxygens (including phenoxy) is 1. The van der Waals surface area contributed by atoms with Crippen molar-refractivity contribution in [2.75, 3.05) is 26.3 Å². The molecular formula is C20H18N2O4S3. The van der Waals surface area contributed by atoms with E-state index in [0.29, 0.717) is 31.9 Å². The Bertz CT molecular complexity index is 1110. The van der Waals surface area contributed by atoms with Crippen LogP contribution in [0.15, 0.2) is 57.4 Å². The van der Waals surface area contributed by atoms with E-state index in [2.05, 4.69) is 4.98 Å². The van der Waals surface area contributed by atoms with Crippen LogP contribution in [0.2, 0.25) is 0 Å². The zero-order valence-electron chi connectivity index (χ0n) is 15.4. The number of thiazole rings is 1. The Morgan fingerprint density at radius 2 is 1.86 bits per heavy atom. The molecule has 0 radical (unpaired) electrons. The number of nitrogens with zero attached hydrogens (tertiary/aromatic N) is 2. The maximum Gasteiger partial charge on any atom is 0.243 e. The highest BCUT2D eigenvalue weighted by Crippen LogP contribution is 2.26. The van der Waals surface area contributed by atoms with Gasteiger partial charge >= 0.3 is 0 Å². The van der Waals surface area contributed by atoms with Gasteiger partial charge in [0.15, 0.2) is 5.78 Å². The molecule has 4 rings (SSSR count). The van der Waals surface area contributed by atoms with E-state index in [0.717, 1.165) is 16.3 Å². The lowest BCUT2D eigenvalue weighted by atomic mass is 10.1. The quantitative estimate of drug-likeness (QED) is 0.425. The number of thiophene rings is 1. The van der Waals surface area contributed by atoms with Gasteiger partial charge in [0.25, 0.3) is 0 Å². The summed E-state index contributed by atoms with van der Waals surface area (Å²) in [7, 11) is -3.56. The van der Waals surface area contributed by atoms with Crippen molar-refractivity contribution in [2.45, 2.75) is 4.90 Å². The fourth-order valence-electron chi connectivity index (χ4n) is 2.87. The lowest BCUT2D eigenvalue weighted by Crippen LogP contribution is -2.40. The van der Waals surface area contributed by atoms with Crippen LogP contribution in [-0.4, -0.2) is 49.8 Å². The predicted octanol–water partition coefficient (Wildman–Crippen LogP) is 3.79. The number of aromatic nitrogens is 1. The molecule has 9 heteroatoms. The molecule has 1 saturated heterocycles. The first kappa shape index (κ1) is 20.1. The topological polar surface area (TPSA) is 76.6 Å². The molecule has 0 bridgehead atoms. The van der Waals surface area contributed by atoms with Crippen LogP contribution >= 0.6 is 22.7 Å². The largest absolute Gasteiger partial charge is 0.379 e. The van der Waals surface area contributed by atoms with Crippen LogP contribution in [0.4, 0.5) is 0 Å². The second-order valence-corrected chi connectivity index (χ2v) is 9.90. The first-order chi connectivity index (χ1) is 14.0. The summed E-state index contributed by atoms with van der Waals surface area (Å²) in [5.74, 6) is -0.203. The molecule has 3 heterocycles. The van der Waals surface area contributed by atoms with E-state index in [1.165, 1.54) is 46.0 Å². The average Bonchev–Trinajstić information content (AvgIpc) is 3.44. The number of morpholine rings is 1. The van der Waals surface area contributed by atoms with Gasteiger partial charge < -0.3 is 4.74 Å². The number of ketones is 1. The summed E-state index contributed by atoms with van der Waals surface area (Å²) in [6, 6.07) is 8.04. The lowest BCUT2D eigenvalue weighted by Gasteiger charge is -2.26. The number of allylic oxidation sites excluding steroid dienone is 1. The van der Waals surface area contributed by atoms with Crippen LogP contribution in [-0.2, 0) is 14.8 Å². The van der Waals surface area contributed by atoms with Crippen molar-refractivity contribution in [1.29, 1.82) is 0 Å². The fraction of sp³-hybridized carbons (Fsp3) is 0.200. The predicted molar refractivity (Wildman–Crippen MR) is 115 cm³/mol. The van der Waals surface area contributed by atoms with Gasteiger partial charge in [0.1, 0.15) is 5.01 Å². The van der Waals surface area contributed by atoms with Crippen molar-refractivity contribution < 1.29 is 17.9 Å². The molecule has 3 aromatic rings. The normalized spacial score (nSPS) is 15.7. The van der Waals surface area contributed by atoms with E-state index in [1.54, 1.807) is 17.4 Å². The maximum atomic E-state index is 12.6. The van der Waals surface area contributed by atoms with Crippen molar-refractivity contribution in [3.63, 3.8) is 0 Å². The van der Waals surface area contributed by atoms with Crippen LogP contribution in [0.5, 0.6) is 0 Å². The smallest absolute Gasteiger partial charge is 0.243 e. The molecular weight excluding hydrogens is 428 g/mol. The number of carbonyl (C=O) groups is 1. The monoisotopic (exact) mass is 446 g/mol. The van der Waals surface area contributed by atoms with Gasteiger partial charge in [-0.3, -0.25) is 4.79 Å². The van der Waals surface area contributed by atoms with Crippen LogP contribution in [0.1, 0.15) is 16.1 Å². The molecule has 1 aliphatic heterocycles. The Labute approximate surface area is 177 Å². The van der Waals surface area contributed by atoms with E-state index in [1.807, 2.05) is 22.2 Å². The number of carbonyl (C=O) groups excluding carboxylic acids is 1. The van der Waals surface area contributed by atoms with Gasteiger partial charge in [-0.25, -0.2) is 13.4 Å². The Morgan fingerprint density at radius 1 is 1.10 bits per heavy atom. The molecule has 0 spiro atoms. The summed E-state index contributed by atoms with van der Waals surface area (Å²) in [4.78, 5) is 17.1. The lowest BCUT2D eigenvalue weighted by molar-refractivity contribution is 0.0730. The summed E-state index contributed by atoms with van der Waals surface area (Å²) in [5.41, 5.74) is 2.22. The number of hydrogen-bond donors (Lipinski definition) is 0. The van der Waals surface area contributed by atoms with Gasteiger partial charge in [0.2, 0.25) is 10.0 Å². The van der Waals surface area contributed by atoms with Gasteiger partial charge in [0, 0.05) is 35.0 Å². The minimum absolute atomic E-state index is 0.180. The Hall–Kier alpha value is -2.17. The SMILES string of the molecule is O=C(C=Cc1csc(-c2ccsc2)n1)c1ccc(S(=O)(=O)N2CCOCC2)cc1. The highest BCUT2D eigenvalue weighted by molar-refractivity contribution is 7.89. The highest BCUT2D eigenvalue weighted by atomic mass is 32.2. The van der Waals surface area contributed by atoms with E-state index in [-0.39, 0.29) is 10.7 Å². The number of sulfonamides is 1. The van der Waals surface area contributed by atoms with Gasteiger partial charge in [-0.1, -0.05) is 0 Å². The van der Waals surface area contributed by atoms with Crippen molar-refractivity contribution >= 4 is 44.6 Å². The number of hydrogen-bond acceptors (Lipinski definition) is 7. The Kier molecular flexibility index (Phi) is 6.02. The van der Waals surface area contributed by atoms with E-state index >= 15 is 0 Å². The van der Waals surface area contributed by atoms with Gasteiger partial charge in [-0.05, 0) is 47.9 Å². The van der Waals surface area contributed by atoms with Crippen LogP contribution in [0.3, 0.4) is 0 Å². The third-order valence-electron chi connectivity index (χ3n) is 4.44. The van der Waals surface area contributed by atoms with Gasteiger partial charge in [0.05, 0.1) is 23.8 Å². The van der Waals surface area contributed by atoms with Gasteiger partial charge in [-0.2, -0.15) is 15.6 Å². The summed E-state index contributed by atoms with van der Waals surface area (Å²) in [5, 5.41) is 6.84. The van der Waals surface area contributed by atoms with E-state index in [9.17, 15) is 13.2 Å². The molecule has 0 N–H and O–H groups in total. The van der Waals surface area contributed by atoms with Crippen molar-refractivity contribution in [3.8, 4) is 10.6 Å². The summed E-state index contributed by atoms with van der Waals surface area (Å²) < 4.78 is 31.9. The molecule has 0 amide bonds. The average molecular weight is 447 g/mol. The Balaban J connectivity index is 1.45. The second-order valence-electron chi connectivity index (χ2n) is 6.33. The molecule has 0 atom stereocenters. The molecule has 0 aliphatic carbocycles. The molecule has 150 valence electrons. The number of benzene rings is 1. The highest BCUT2D eigenvalue weighted by Gasteiger charge is 2.26. The van der Waals surface area contributed by atoms with E-state index < -0.39 is 10.0 Å². The van der Waals surface area contributed by atoms with Crippen LogP contribution in [0, 0.1) is 0 Å². The molecule has 6 nitrogen and oxygen atoms in total.